The summed E-state index contributed by atoms with van der Waals surface area (Å²) in [5.41, 5.74) is 1.04. The Kier molecular flexibility index (Phi) is 11.3. The number of likely N-dealkylation sites (tertiary alicyclic amines) is 1. The van der Waals surface area contributed by atoms with Crippen molar-refractivity contribution in [2.75, 3.05) is 38.1 Å². The number of halogens is 2. The Balaban J connectivity index is 0.00000128. The number of rotatable bonds is 6. The second-order valence-electron chi connectivity index (χ2n) is 9.82. The van der Waals surface area contributed by atoms with Gasteiger partial charge in [-0.15, -0.1) is 24.8 Å². The van der Waals surface area contributed by atoms with Crippen LogP contribution in [-0.2, 0) is 4.79 Å². The molecule has 0 aromatic heterocycles. The van der Waals surface area contributed by atoms with Crippen molar-refractivity contribution in [3.63, 3.8) is 0 Å². The molecule has 6 nitrogen and oxygen atoms in total. The summed E-state index contributed by atoms with van der Waals surface area (Å²) < 4.78 is 6.07. The lowest BCUT2D eigenvalue weighted by molar-refractivity contribution is -0.152. The molecule has 1 saturated heterocycles. The van der Waals surface area contributed by atoms with Gasteiger partial charge in [-0.05, 0) is 93.8 Å². The summed E-state index contributed by atoms with van der Waals surface area (Å²) >= 11 is 0. The van der Waals surface area contributed by atoms with Gasteiger partial charge in [0.2, 0.25) is 0 Å². The Morgan fingerprint density at radius 1 is 0.969 bits per heavy atom. The molecule has 5 aliphatic rings. The molecule has 0 spiro atoms. The van der Waals surface area contributed by atoms with E-state index in [4.69, 9.17) is 4.74 Å². The van der Waals surface area contributed by atoms with Crippen LogP contribution in [0.5, 0.6) is 5.75 Å². The van der Waals surface area contributed by atoms with E-state index in [0.29, 0.717) is 11.8 Å². The lowest BCUT2D eigenvalue weighted by Crippen LogP contribution is -2.49. The van der Waals surface area contributed by atoms with Crippen LogP contribution in [0.15, 0.2) is 24.3 Å². The van der Waals surface area contributed by atoms with Crippen molar-refractivity contribution in [3.8, 4) is 5.75 Å². The molecule has 32 heavy (non-hydrogen) atoms. The molecule has 0 atom stereocenters. The van der Waals surface area contributed by atoms with Gasteiger partial charge in [-0.25, -0.2) is 0 Å². The number of hydrogen-bond acceptors (Lipinski definition) is 4. The Morgan fingerprint density at radius 3 is 2.12 bits per heavy atom. The van der Waals surface area contributed by atoms with E-state index in [0.717, 1.165) is 36.4 Å². The van der Waals surface area contributed by atoms with Gasteiger partial charge in [-0.1, -0.05) is 12.1 Å². The van der Waals surface area contributed by atoms with Crippen molar-refractivity contribution in [3.05, 3.63) is 24.3 Å². The van der Waals surface area contributed by atoms with Crippen molar-refractivity contribution in [1.29, 1.82) is 0 Å². The van der Waals surface area contributed by atoms with Gasteiger partial charge in [0.25, 0.3) is 0 Å². The predicted octanol–water partition coefficient (Wildman–Crippen LogP) is 3.39. The Bertz CT molecular complexity index is 702. The van der Waals surface area contributed by atoms with E-state index in [1.165, 1.54) is 58.0 Å². The van der Waals surface area contributed by atoms with Crippen LogP contribution in [0.2, 0.25) is 0 Å². The number of carbonyl (C=O) groups is 1. The highest BCUT2D eigenvalue weighted by Gasteiger charge is 2.51. The van der Waals surface area contributed by atoms with E-state index >= 15 is 0 Å². The Hall–Kier alpha value is -1.05. The third kappa shape index (κ3) is 5.89. The fourth-order valence-corrected chi connectivity index (χ4v) is 6.76. The van der Waals surface area contributed by atoms with E-state index in [9.17, 15) is 4.79 Å². The highest BCUT2D eigenvalue weighted by Crippen LogP contribution is 2.56. The molecular formula is C24H40Cl2N2O4. The number of likely N-dealkylation sites (N-methyl/N-ethyl adjacent to an activating group) is 1. The number of hydrogen-bond donors (Lipinski definition) is 0. The van der Waals surface area contributed by atoms with Crippen LogP contribution in [0, 0.1) is 29.6 Å². The minimum atomic E-state index is 0. The van der Waals surface area contributed by atoms with Crippen molar-refractivity contribution >= 4 is 36.5 Å². The zero-order valence-corrected chi connectivity index (χ0v) is 20.6. The minimum absolute atomic E-state index is 0. The second kappa shape index (κ2) is 12.4. The van der Waals surface area contributed by atoms with E-state index in [2.05, 4.69) is 22.9 Å². The lowest BCUT2D eigenvalue weighted by Gasteiger charge is -2.53. The summed E-state index contributed by atoms with van der Waals surface area (Å²) in [5.74, 6) is 3.83. The third-order valence-corrected chi connectivity index (χ3v) is 7.94. The molecule has 4 aliphatic carbocycles. The smallest absolute Gasteiger partial charge is 0.314 e. The minimum Gasteiger partial charge on any atom is -0.424 e. The molecule has 4 N–H and O–H groups in total. The van der Waals surface area contributed by atoms with Crippen LogP contribution >= 0.6 is 24.8 Å². The van der Waals surface area contributed by atoms with E-state index in [1.807, 2.05) is 18.2 Å². The van der Waals surface area contributed by atoms with Gasteiger partial charge in [-0.3, -0.25) is 4.79 Å². The second-order valence-corrected chi connectivity index (χ2v) is 9.82. The maximum Gasteiger partial charge on any atom is 0.314 e. The first-order chi connectivity index (χ1) is 13.7. The normalized spacial score (nSPS) is 29.7. The molecule has 1 aromatic rings. The van der Waals surface area contributed by atoms with Gasteiger partial charge in [0.15, 0.2) is 5.75 Å². The predicted molar refractivity (Wildman–Crippen MR) is 133 cm³/mol. The number of nitrogens with zero attached hydrogens (tertiary/aromatic N) is 2. The average molecular weight is 492 g/mol. The zero-order valence-electron chi connectivity index (χ0n) is 19.0. The number of ether oxygens (including phenoxy) is 1. The number of esters is 1. The van der Waals surface area contributed by atoms with Crippen molar-refractivity contribution in [2.24, 2.45) is 29.6 Å². The Labute approximate surface area is 204 Å². The zero-order chi connectivity index (χ0) is 19.1. The summed E-state index contributed by atoms with van der Waals surface area (Å²) in [5, 5.41) is 0. The first kappa shape index (κ1) is 29.0. The van der Waals surface area contributed by atoms with Crippen LogP contribution in [-0.4, -0.2) is 55.0 Å². The monoisotopic (exact) mass is 490 g/mol. The van der Waals surface area contributed by atoms with Gasteiger partial charge in [0.05, 0.1) is 11.6 Å². The van der Waals surface area contributed by atoms with Crippen molar-refractivity contribution < 1.29 is 20.5 Å². The maximum atomic E-state index is 13.2. The molecule has 4 saturated carbocycles. The van der Waals surface area contributed by atoms with Gasteiger partial charge >= 0.3 is 5.97 Å². The first-order valence-electron chi connectivity index (χ1n) is 11.4. The molecule has 5 fully saturated rings. The molecule has 1 heterocycles. The molecule has 8 heteroatoms. The van der Waals surface area contributed by atoms with Crippen LogP contribution in [0.25, 0.3) is 0 Å². The molecule has 184 valence electrons. The van der Waals surface area contributed by atoms with Gasteiger partial charge < -0.3 is 25.5 Å². The number of carbonyl (C=O) groups excluding carboxylic acids is 1. The van der Waals surface area contributed by atoms with Crippen molar-refractivity contribution in [1.82, 2.24) is 4.90 Å². The molecule has 1 aliphatic heterocycles. The fraction of sp³-hybridized carbons (Fsp3) is 0.708. The number of anilines is 1. The quantitative estimate of drug-likeness (QED) is 0.450. The molecule has 1 aromatic carbocycles. The largest absolute Gasteiger partial charge is 0.424 e. The molecule has 0 unspecified atom stereocenters. The average Bonchev–Trinajstić information content (AvgIpc) is 3.19. The highest BCUT2D eigenvalue weighted by atomic mass is 35.5. The van der Waals surface area contributed by atoms with E-state index < -0.39 is 0 Å². The third-order valence-electron chi connectivity index (χ3n) is 7.94. The number of para-hydroxylation sites is 2. The van der Waals surface area contributed by atoms with Crippen LogP contribution in [0.1, 0.15) is 44.9 Å². The van der Waals surface area contributed by atoms with Crippen LogP contribution in [0.4, 0.5) is 5.69 Å². The highest BCUT2D eigenvalue weighted by molar-refractivity contribution is 5.85. The van der Waals surface area contributed by atoms with Gasteiger partial charge in [0.1, 0.15) is 0 Å². The lowest BCUT2D eigenvalue weighted by atomic mass is 9.52. The molecule has 6 rings (SSSR count). The molecule has 0 amide bonds. The van der Waals surface area contributed by atoms with Crippen LogP contribution in [0.3, 0.4) is 0 Å². The van der Waals surface area contributed by atoms with E-state index in [1.54, 1.807) is 0 Å². The Morgan fingerprint density at radius 2 is 1.53 bits per heavy atom. The maximum absolute atomic E-state index is 13.2. The summed E-state index contributed by atoms with van der Waals surface area (Å²) in [6, 6.07) is 8.08. The fourth-order valence-electron chi connectivity index (χ4n) is 6.76. The summed E-state index contributed by atoms with van der Waals surface area (Å²) in [6.45, 7) is 4.48. The number of benzene rings is 1. The summed E-state index contributed by atoms with van der Waals surface area (Å²) in [6.07, 6.45) is 9.08. The molecular weight excluding hydrogens is 451 g/mol. The summed E-state index contributed by atoms with van der Waals surface area (Å²) in [4.78, 5) is 18.0. The SMILES string of the molecule is CN(CCN1CCCC1)c1ccccc1OC(=O)C1C2CC3CC(C2)CC1C3.Cl.Cl.O.O. The first-order valence-corrected chi connectivity index (χ1v) is 11.4. The van der Waals surface area contributed by atoms with Crippen molar-refractivity contribution in [2.45, 2.75) is 44.9 Å². The summed E-state index contributed by atoms with van der Waals surface area (Å²) in [7, 11) is 2.12. The topological polar surface area (TPSA) is 95.8 Å². The van der Waals surface area contributed by atoms with Crippen LogP contribution < -0.4 is 9.64 Å². The molecule has 0 radical (unpaired) electrons. The van der Waals surface area contributed by atoms with Gasteiger partial charge in [-0.2, -0.15) is 0 Å². The molecule has 4 bridgehead atoms. The standard InChI is InChI=1S/C24H34N2O2.2ClH.2H2O/c1-25(10-11-26-8-4-5-9-26)21-6-2-3-7-22(21)28-24(27)23-19-13-17-12-18(15-19)16-20(23)14-17;;;;/h2-3,6-7,17-20,23H,4-5,8-16H2,1H3;2*1H;2*1H2. The van der Waals surface area contributed by atoms with Gasteiger partial charge in [0, 0.05) is 20.1 Å². The van der Waals surface area contributed by atoms with E-state index in [-0.39, 0.29) is 47.7 Å².